The first-order valence-corrected chi connectivity index (χ1v) is 9.07. The Balaban J connectivity index is 1.82. The minimum absolute atomic E-state index is 0.343. The Hall–Kier alpha value is -0.130. The summed E-state index contributed by atoms with van der Waals surface area (Å²) < 4.78 is 23.2. The third-order valence-electron chi connectivity index (χ3n) is 4.25. The van der Waals surface area contributed by atoms with Crippen LogP contribution in [0.2, 0.25) is 0 Å². The van der Waals surface area contributed by atoms with Crippen molar-refractivity contribution in [3.8, 4) is 0 Å². The van der Waals surface area contributed by atoms with Crippen LogP contribution in [0.25, 0.3) is 0 Å². The van der Waals surface area contributed by atoms with E-state index in [-0.39, 0.29) is 0 Å². The first-order valence-electron chi connectivity index (χ1n) is 7.25. The number of rotatable bonds is 3. The van der Waals surface area contributed by atoms with Crippen molar-refractivity contribution in [3.63, 3.8) is 0 Å². The molecular weight excluding hydrogens is 248 g/mol. The molecule has 0 bridgehead atoms. The van der Waals surface area contributed by atoms with E-state index >= 15 is 0 Å². The largest absolute Gasteiger partial charge is 0.314 e. The number of nitrogens with zero attached hydrogens (tertiary/aromatic N) is 1. The van der Waals surface area contributed by atoms with E-state index in [4.69, 9.17) is 0 Å². The van der Waals surface area contributed by atoms with Crippen molar-refractivity contribution in [2.45, 2.75) is 51.1 Å². The van der Waals surface area contributed by atoms with Gasteiger partial charge in [0, 0.05) is 18.6 Å². The molecule has 0 aromatic carbocycles. The van der Waals surface area contributed by atoms with Gasteiger partial charge >= 0.3 is 0 Å². The molecule has 2 fully saturated rings. The molecule has 18 heavy (non-hydrogen) atoms. The first kappa shape index (κ1) is 14.3. The van der Waals surface area contributed by atoms with Crippen LogP contribution in [0.5, 0.6) is 0 Å². The summed E-state index contributed by atoms with van der Waals surface area (Å²) in [6.45, 7) is 5.04. The van der Waals surface area contributed by atoms with Gasteiger partial charge in [-0.1, -0.05) is 6.42 Å². The van der Waals surface area contributed by atoms with Gasteiger partial charge in [-0.05, 0) is 45.7 Å². The minimum Gasteiger partial charge on any atom is -0.314 e. The zero-order chi connectivity index (χ0) is 13.0. The quantitative estimate of drug-likeness (QED) is 0.835. The molecular formula is C13H26N2O2S. The summed E-state index contributed by atoms with van der Waals surface area (Å²) in [4.78, 5) is 2.36. The van der Waals surface area contributed by atoms with Crippen LogP contribution in [-0.2, 0) is 9.84 Å². The summed E-state index contributed by atoms with van der Waals surface area (Å²) in [5, 5.41) is 3.58. The molecule has 106 valence electrons. The highest BCUT2D eigenvalue weighted by molar-refractivity contribution is 7.91. The number of piperidine rings is 1. The fraction of sp³-hybridized carbons (Fsp3) is 1.00. The van der Waals surface area contributed by atoms with Gasteiger partial charge in [0.15, 0.2) is 9.84 Å². The maximum atomic E-state index is 11.6. The Morgan fingerprint density at radius 1 is 1.22 bits per heavy atom. The van der Waals surface area contributed by atoms with Gasteiger partial charge < -0.3 is 5.32 Å². The molecule has 5 heteroatoms. The molecule has 0 amide bonds. The Kier molecular flexibility index (Phi) is 5.04. The Morgan fingerprint density at radius 2 is 2.06 bits per heavy atom. The van der Waals surface area contributed by atoms with Crippen molar-refractivity contribution in [2.24, 2.45) is 0 Å². The minimum atomic E-state index is -2.78. The number of sulfone groups is 1. The van der Waals surface area contributed by atoms with E-state index in [0.717, 1.165) is 32.5 Å². The zero-order valence-electron chi connectivity index (χ0n) is 11.4. The van der Waals surface area contributed by atoms with E-state index < -0.39 is 9.84 Å². The molecule has 2 aliphatic heterocycles. The van der Waals surface area contributed by atoms with Crippen molar-refractivity contribution in [1.29, 1.82) is 0 Å². The monoisotopic (exact) mass is 274 g/mol. The van der Waals surface area contributed by atoms with Crippen LogP contribution in [0.15, 0.2) is 0 Å². The van der Waals surface area contributed by atoms with Crippen LogP contribution >= 0.6 is 0 Å². The Morgan fingerprint density at radius 3 is 2.78 bits per heavy atom. The molecule has 2 saturated heterocycles. The summed E-state index contributed by atoms with van der Waals surface area (Å²) in [5.74, 6) is 0.716. The lowest BCUT2D eigenvalue weighted by molar-refractivity contribution is 0.192. The van der Waals surface area contributed by atoms with Gasteiger partial charge in [-0.3, -0.25) is 4.90 Å². The topological polar surface area (TPSA) is 49.4 Å². The summed E-state index contributed by atoms with van der Waals surface area (Å²) in [6, 6.07) is 1.13. The second kappa shape index (κ2) is 6.35. The molecule has 0 aromatic heterocycles. The highest BCUT2D eigenvalue weighted by atomic mass is 32.2. The molecule has 2 atom stereocenters. The molecule has 2 heterocycles. The average molecular weight is 274 g/mol. The van der Waals surface area contributed by atoms with E-state index in [1.54, 1.807) is 0 Å². The molecule has 4 nitrogen and oxygen atoms in total. The summed E-state index contributed by atoms with van der Waals surface area (Å²) in [6.07, 6.45) is 5.85. The normalized spacial score (nSPS) is 31.7. The summed E-state index contributed by atoms with van der Waals surface area (Å²) in [7, 11) is -2.78. The molecule has 0 spiro atoms. The maximum absolute atomic E-state index is 11.6. The third kappa shape index (κ3) is 4.21. The number of hydrogen-bond acceptors (Lipinski definition) is 4. The average Bonchev–Trinajstić information content (AvgIpc) is 2.51. The molecule has 0 radical (unpaired) electrons. The summed E-state index contributed by atoms with van der Waals surface area (Å²) in [5.41, 5.74) is 0. The zero-order valence-corrected chi connectivity index (χ0v) is 12.2. The van der Waals surface area contributed by atoms with E-state index in [2.05, 4.69) is 17.1 Å². The van der Waals surface area contributed by atoms with Gasteiger partial charge in [-0.25, -0.2) is 8.42 Å². The van der Waals surface area contributed by atoms with Crippen LogP contribution in [0.4, 0.5) is 0 Å². The van der Waals surface area contributed by atoms with Crippen molar-refractivity contribution >= 4 is 9.84 Å². The first-order chi connectivity index (χ1) is 8.57. The highest BCUT2D eigenvalue weighted by Crippen LogP contribution is 2.17. The molecule has 2 aliphatic rings. The smallest absolute Gasteiger partial charge is 0.151 e. The molecule has 2 unspecified atom stereocenters. The molecule has 0 aliphatic carbocycles. The highest BCUT2D eigenvalue weighted by Gasteiger charge is 2.24. The molecule has 1 N–H and O–H groups in total. The van der Waals surface area contributed by atoms with E-state index in [0.29, 0.717) is 23.6 Å². The van der Waals surface area contributed by atoms with Gasteiger partial charge in [0.1, 0.15) is 0 Å². The molecule has 0 aromatic rings. The summed E-state index contributed by atoms with van der Waals surface area (Å²) >= 11 is 0. The second-order valence-electron chi connectivity index (χ2n) is 5.77. The van der Waals surface area contributed by atoms with Crippen molar-refractivity contribution < 1.29 is 8.42 Å². The van der Waals surface area contributed by atoms with E-state index in [1.807, 2.05) is 0 Å². The number of hydrogen-bond donors (Lipinski definition) is 1. The standard InChI is InChI=1S/C13H26N2O2S/c1-12(11-13-5-2-3-6-14-13)15-7-4-9-18(16,17)10-8-15/h12-14H,2-11H2,1H3. The van der Waals surface area contributed by atoms with Gasteiger partial charge in [-0.15, -0.1) is 0 Å². The van der Waals surface area contributed by atoms with Crippen LogP contribution < -0.4 is 5.32 Å². The maximum Gasteiger partial charge on any atom is 0.151 e. The SMILES string of the molecule is CC(CC1CCCCN1)N1CCCS(=O)(=O)CC1. The Bertz CT molecular complexity index is 350. The fourth-order valence-electron chi connectivity index (χ4n) is 3.08. The fourth-order valence-corrected chi connectivity index (χ4v) is 4.37. The van der Waals surface area contributed by atoms with Crippen molar-refractivity contribution in [1.82, 2.24) is 10.2 Å². The van der Waals surface area contributed by atoms with Crippen molar-refractivity contribution in [3.05, 3.63) is 0 Å². The van der Waals surface area contributed by atoms with E-state index in [1.165, 1.54) is 19.3 Å². The lowest BCUT2D eigenvalue weighted by Gasteiger charge is -2.32. The third-order valence-corrected chi connectivity index (χ3v) is 5.97. The molecule has 2 rings (SSSR count). The lowest BCUT2D eigenvalue weighted by atomic mass is 9.98. The Labute approximate surface area is 111 Å². The molecule has 0 saturated carbocycles. The van der Waals surface area contributed by atoms with E-state index in [9.17, 15) is 8.42 Å². The van der Waals surface area contributed by atoms with Gasteiger partial charge in [0.25, 0.3) is 0 Å². The number of nitrogens with one attached hydrogen (secondary N) is 1. The van der Waals surface area contributed by atoms with Crippen LogP contribution in [-0.4, -0.2) is 56.5 Å². The van der Waals surface area contributed by atoms with Gasteiger partial charge in [0.2, 0.25) is 0 Å². The van der Waals surface area contributed by atoms with Crippen LogP contribution in [0, 0.1) is 0 Å². The second-order valence-corrected chi connectivity index (χ2v) is 8.08. The van der Waals surface area contributed by atoms with Gasteiger partial charge in [-0.2, -0.15) is 0 Å². The van der Waals surface area contributed by atoms with Gasteiger partial charge in [0.05, 0.1) is 11.5 Å². The van der Waals surface area contributed by atoms with Crippen LogP contribution in [0.3, 0.4) is 0 Å². The predicted octanol–water partition coefficient (Wildman–Crippen LogP) is 1.03. The van der Waals surface area contributed by atoms with Crippen LogP contribution in [0.1, 0.15) is 39.0 Å². The predicted molar refractivity (Wildman–Crippen MR) is 74.6 cm³/mol. The van der Waals surface area contributed by atoms with Crippen molar-refractivity contribution in [2.75, 3.05) is 31.1 Å². The lowest BCUT2D eigenvalue weighted by Crippen LogP contribution is -2.42.